The lowest BCUT2D eigenvalue weighted by atomic mass is 10.0. The molecule has 0 fully saturated rings. The van der Waals surface area contributed by atoms with Gasteiger partial charge in [0.05, 0.1) is 11.6 Å². The molecule has 0 bridgehead atoms. The summed E-state index contributed by atoms with van der Waals surface area (Å²) in [5, 5.41) is 12.1. The molecule has 2 aromatic heterocycles. The molecule has 0 amide bonds. The number of nitriles is 1. The highest BCUT2D eigenvalue weighted by Crippen LogP contribution is 2.34. The van der Waals surface area contributed by atoms with Crippen LogP contribution in [0, 0.1) is 11.3 Å². The van der Waals surface area contributed by atoms with Crippen molar-refractivity contribution in [2.75, 3.05) is 0 Å². The summed E-state index contributed by atoms with van der Waals surface area (Å²) in [5.74, 6) is 0. The van der Waals surface area contributed by atoms with Crippen LogP contribution < -0.4 is 0 Å². The zero-order chi connectivity index (χ0) is 12.5. The Balaban J connectivity index is 2.30. The van der Waals surface area contributed by atoms with E-state index in [9.17, 15) is 0 Å². The van der Waals surface area contributed by atoms with Crippen molar-refractivity contribution in [1.29, 1.82) is 5.26 Å². The fourth-order valence-electron chi connectivity index (χ4n) is 2.11. The van der Waals surface area contributed by atoms with E-state index in [1.807, 2.05) is 30.5 Å². The van der Waals surface area contributed by atoms with Gasteiger partial charge in [-0.1, -0.05) is 12.7 Å². The summed E-state index contributed by atoms with van der Waals surface area (Å²) in [7, 11) is 0. The Morgan fingerprint density at radius 3 is 2.94 bits per heavy atom. The van der Waals surface area contributed by atoms with Crippen LogP contribution in [0.5, 0.6) is 0 Å². The van der Waals surface area contributed by atoms with E-state index in [-0.39, 0.29) is 0 Å². The fourth-order valence-corrected chi connectivity index (χ4v) is 2.87. The highest BCUT2D eigenvalue weighted by molar-refractivity contribution is 7.11. The number of aromatic nitrogens is 1. The van der Waals surface area contributed by atoms with E-state index in [1.54, 1.807) is 11.3 Å². The Kier molecular flexibility index (Phi) is 2.51. The molecule has 0 aliphatic rings. The molecule has 0 saturated carbocycles. The molecule has 0 aliphatic heterocycles. The predicted molar refractivity (Wildman–Crippen MR) is 76.4 cm³/mol. The zero-order valence-corrected chi connectivity index (χ0v) is 10.4. The summed E-state index contributed by atoms with van der Waals surface area (Å²) in [5.41, 5.74) is 4.01. The predicted octanol–water partition coefficient (Wildman–Crippen LogP) is 4.41. The molecular formula is C15H10N2S. The molecule has 1 aromatic carbocycles. The summed E-state index contributed by atoms with van der Waals surface area (Å²) in [6.07, 6.45) is 3.86. The summed E-state index contributed by atoms with van der Waals surface area (Å²) in [4.78, 5) is 4.39. The summed E-state index contributed by atoms with van der Waals surface area (Å²) in [6, 6.07) is 9.95. The van der Waals surface area contributed by atoms with Gasteiger partial charge in [-0.25, -0.2) is 0 Å². The van der Waals surface area contributed by atoms with Gasteiger partial charge in [0.2, 0.25) is 0 Å². The first-order valence-corrected chi connectivity index (χ1v) is 6.43. The third kappa shape index (κ3) is 1.55. The van der Waals surface area contributed by atoms with Crippen molar-refractivity contribution in [2.45, 2.75) is 0 Å². The molecule has 0 atom stereocenters. The van der Waals surface area contributed by atoms with Gasteiger partial charge in [-0.15, -0.1) is 11.3 Å². The average Bonchev–Trinajstić information content (AvgIpc) is 3.03. The van der Waals surface area contributed by atoms with Crippen LogP contribution >= 0.6 is 11.3 Å². The van der Waals surface area contributed by atoms with Gasteiger partial charge >= 0.3 is 0 Å². The van der Waals surface area contributed by atoms with Gasteiger partial charge in [-0.3, -0.25) is 0 Å². The van der Waals surface area contributed by atoms with E-state index in [2.05, 4.69) is 29.1 Å². The van der Waals surface area contributed by atoms with Gasteiger partial charge in [-0.05, 0) is 29.6 Å². The highest BCUT2D eigenvalue weighted by Gasteiger charge is 2.10. The summed E-state index contributed by atoms with van der Waals surface area (Å²) >= 11 is 1.67. The van der Waals surface area contributed by atoms with E-state index < -0.39 is 0 Å². The lowest BCUT2D eigenvalue weighted by molar-refractivity contribution is 1.46. The molecule has 18 heavy (non-hydrogen) atoms. The monoisotopic (exact) mass is 250 g/mol. The van der Waals surface area contributed by atoms with Crippen LogP contribution in [0.4, 0.5) is 0 Å². The first kappa shape index (κ1) is 10.8. The van der Waals surface area contributed by atoms with Crippen LogP contribution in [-0.2, 0) is 0 Å². The molecule has 0 spiro atoms. The largest absolute Gasteiger partial charge is 0.361 e. The van der Waals surface area contributed by atoms with Gasteiger partial charge in [-0.2, -0.15) is 5.26 Å². The average molecular weight is 250 g/mol. The zero-order valence-electron chi connectivity index (χ0n) is 9.60. The molecule has 0 radical (unpaired) electrons. The molecule has 0 unspecified atom stereocenters. The second-order valence-corrected chi connectivity index (χ2v) is 4.92. The molecule has 2 nitrogen and oxygen atoms in total. The van der Waals surface area contributed by atoms with Crippen LogP contribution in [0.3, 0.4) is 0 Å². The molecule has 3 heteroatoms. The number of aromatic amines is 1. The van der Waals surface area contributed by atoms with Crippen molar-refractivity contribution in [2.24, 2.45) is 0 Å². The number of thiophene rings is 1. The molecule has 3 aromatic rings. The topological polar surface area (TPSA) is 39.6 Å². The minimum absolute atomic E-state index is 0.679. The van der Waals surface area contributed by atoms with E-state index >= 15 is 0 Å². The van der Waals surface area contributed by atoms with Gasteiger partial charge in [0.25, 0.3) is 0 Å². The smallest absolute Gasteiger partial charge is 0.0991 e. The van der Waals surface area contributed by atoms with E-state index in [0.717, 1.165) is 26.9 Å². The third-order valence-electron chi connectivity index (χ3n) is 2.98. The SMILES string of the molecule is C=Cc1sccc1-c1c[nH]c2ccc(C#N)cc12. The number of H-pyrrole nitrogens is 1. The molecule has 2 heterocycles. The van der Waals surface area contributed by atoms with Gasteiger partial charge in [0.15, 0.2) is 0 Å². The minimum atomic E-state index is 0.679. The number of nitrogens with one attached hydrogen (secondary N) is 1. The number of nitrogens with zero attached hydrogens (tertiary/aromatic N) is 1. The minimum Gasteiger partial charge on any atom is -0.361 e. The van der Waals surface area contributed by atoms with Gasteiger partial charge in [0.1, 0.15) is 0 Å². The van der Waals surface area contributed by atoms with E-state index in [0.29, 0.717) is 5.56 Å². The second kappa shape index (κ2) is 4.17. The Morgan fingerprint density at radius 2 is 2.17 bits per heavy atom. The van der Waals surface area contributed by atoms with Crippen molar-refractivity contribution < 1.29 is 0 Å². The number of hydrogen-bond donors (Lipinski definition) is 1. The lowest BCUT2D eigenvalue weighted by Crippen LogP contribution is -1.77. The van der Waals surface area contributed by atoms with E-state index in [4.69, 9.17) is 5.26 Å². The molecule has 0 saturated heterocycles. The highest BCUT2D eigenvalue weighted by atomic mass is 32.1. The van der Waals surface area contributed by atoms with Crippen LogP contribution in [0.15, 0.2) is 42.4 Å². The van der Waals surface area contributed by atoms with Crippen LogP contribution in [0.25, 0.3) is 28.1 Å². The fraction of sp³-hybridized carbons (Fsp3) is 0. The molecule has 0 aliphatic carbocycles. The molecule has 1 N–H and O–H groups in total. The summed E-state index contributed by atoms with van der Waals surface area (Å²) < 4.78 is 0. The van der Waals surface area contributed by atoms with Crippen molar-refractivity contribution in [3.8, 4) is 17.2 Å². The normalized spacial score (nSPS) is 10.4. The van der Waals surface area contributed by atoms with Crippen LogP contribution in [0.2, 0.25) is 0 Å². The number of rotatable bonds is 2. The maximum atomic E-state index is 8.98. The third-order valence-corrected chi connectivity index (χ3v) is 3.89. The molecular weight excluding hydrogens is 240 g/mol. The van der Waals surface area contributed by atoms with Crippen molar-refractivity contribution in [3.63, 3.8) is 0 Å². The second-order valence-electron chi connectivity index (χ2n) is 3.98. The van der Waals surface area contributed by atoms with E-state index in [1.165, 1.54) is 0 Å². The van der Waals surface area contributed by atoms with Crippen molar-refractivity contribution in [3.05, 3.63) is 52.9 Å². The molecule has 86 valence electrons. The Morgan fingerprint density at radius 1 is 1.28 bits per heavy atom. The Bertz CT molecular complexity index is 771. The van der Waals surface area contributed by atoms with Crippen molar-refractivity contribution >= 4 is 28.3 Å². The summed E-state index contributed by atoms with van der Waals surface area (Å²) in [6.45, 7) is 3.84. The maximum absolute atomic E-state index is 8.98. The maximum Gasteiger partial charge on any atom is 0.0991 e. The number of fused-ring (bicyclic) bond motifs is 1. The van der Waals surface area contributed by atoms with Crippen LogP contribution in [-0.4, -0.2) is 4.98 Å². The number of hydrogen-bond acceptors (Lipinski definition) is 2. The van der Waals surface area contributed by atoms with Gasteiger partial charge < -0.3 is 4.98 Å². The Hall–Kier alpha value is -2.31. The quantitative estimate of drug-likeness (QED) is 0.719. The first-order chi connectivity index (χ1) is 8.83. The number of benzene rings is 1. The van der Waals surface area contributed by atoms with Gasteiger partial charge in [0, 0.05) is 33.1 Å². The lowest BCUT2D eigenvalue weighted by Gasteiger charge is -1.99. The standard InChI is InChI=1S/C15H10N2S/c1-2-15-11(5-6-18-15)13-9-17-14-4-3-10(8-16)7-12(13)14/h2-7,9,17H,1H2. The van der Waals surface area contributed by atoms with Crippen LogP contribution in [0.1, 0.15) is 10.4 Å². The Labute approximate surface area is 109 Å². The first-order valence-electron chi connectivity index (χ1n) is 5.55. The molecule has 3 rings (SSSR count). The van der Waals surface area contributed by atoms with Crippen molar-refractivity contribution in [1.82, 2.24) is 4.98 Å².